The molecular formula is C24H28N6O4S. The number of carbonyl (C=O) groups excluding carboxylic acids is 1. The Kier molecular flexibility index (Phi) is 6.99. The molecule has 2 aromatic heterocycles. The topological polar surface area (TPSA) is 123 Å². The normalized spacial score (nSPS) is 11.9. The Morgan fingerprint density at radius 1 is 1.11 bits per heavy atom. The molecule has 0 aliphatic carbocycles. The molecule has 4 rings (SSSR count). The van der Waals surface area contributed by atoms with E-state index in [9.17, 15) is 13.2 Å². The fraction of sp³-hybridized carbons (Fsp3) is 0.333. The summed E-state index contributed by atoms with van der Waals surface area (Å²) in [5.41, 5.74) is 2.64. The zero-order valence-electron chi connectivity index (χ0n) is 20.1. The number of aryl methyl sites for hydroxylation is 3. The van der Waals surface area contributed by atoms with E-state index in [1.807, 2.05) is 43.7 Å². The van der Waals surface area contributed by atoms with E-state index in [-0.39, 0.29) is 17.2 Å². The number of para-hydroxylation sites is 1. The third-order valence-corrected chi connectivity index (χ3v) is 7.88. The molecule has 10 nitrogen and oxygen atoms in total. The van der Waals surface area contributed by atoms with Crippen LogP contribution < -0.4 is 5.32 Å². The van der Waals surface area contributed by atoms with E-state index in [1.54, 1.807) is 31.2 Å². The molecule has 0 atom stereocenters. The van der Waals surface area contributed by atoms with Crippen molar-refractivity contribution in [2.24, 2.45) is 7.05 Å². The van der Waals surface area contributed by atoms with Crippen LogP contribution in [0.1, 0.15) is 32.0 Å². The molecule has 2 aromatic carbocycles. The van der Waals surface area contributed by atoms with E-state index in [4.69, 9.17) is 4.52 Å². The number of sulfonamides is 1. The number of hydrogen-bond donors (Lipinski definition) is 1. The zero-order chi connectivity index (χ0) is 25.2. The number of anilines is 1. The van der Waals surface area contributed by atoms with Crippen LogP contribution in [0.2, 0.25) is 0 Å². The summed E-state index contributed by atoms with van der Waals surface area (Å²) in [6.45, 7) is 6.12. The Bertz CT molecular complexity index is 1470. The minimum atomic E-state index is -3.58. The van der Waals surface area contributed by atoms with Gasteiger partial charge in [0, 0.05) is 45.5 Å². The van der Waals surface area contributed by atoms with Crippen LogP contribution in [0.4, 0.5) is 5.69 Å². The number of benzene rings is 2. The molecule has 0 saturated heterocycles. The van der Waals surface area contributed by atoms with Crippen LogP contribution >= 0.6 is 0 Å². The molecule has 0 aliphatic heterocycles. The van der Waals surface area contributed by atoms with E-state index >= 15 is 0 Å². The van der Waals surface area contributed by atoms with Crippen LogP contribution in [-0.4, -0.2) is 51.4 Å². The molecule has 11 heteroatoms. The summed E-state index contributed by atoms with van der Waals surface area (Å²) in [7, 11) is -1.72. The maximum Gasteiger partial charge on any atom is 0.243 e. The smallest absolute Gasteiger partial charge is 0.243 e. The molecule has 1 N–H and O–H groups in total. The van der Waals surface area contributed by atoms with E-state index in [0.29, 0.717) is 53.8 Å². The van der Waals surface area contributed by atoms with Crippen LogP contribution in [0.25, 0.3) is 22.4 Å². The Balaban J connectivity index is 1.50. The fourth-order valence-electron chi connectivity index (χ4n) is 3.96. The van der Waals surface area contributed by atoms with Gasteiger partial charge in [-0.3, -0.25) is 4.79 Å². The van der Waals surface area contributed by atoms with Gasteiger partial charge in [0.05, 0.1) is 21.6 Å². The highest BCUT2D eigenvalue weighted by atomic mass is 32.2. The van der Waals surface area contributed by atoms with E-state index in [2.05, 4.69) is 20.4 Å². The Morgan fingerprint density at radius 2 is 1.86 bits per heavy atom. The summed E-state index contributed by atoms with van der Waals surface area (Å²) < 4.78 is 34.1. The highest BCUT2D eigenvalue weighted by Gasteiger charge is 2.23. The number of rotatable bonds is 9. The van der Waals surface area contributed by atoms with Gasteiger partial charge in [-0.15, -0.1) is 0 Å². The quantitative estimate of drug-likeness (QED) is 0.376. The maximum absolute atomic E-state index is 12.9. The first-order valence-corrected chi connectivity index (χ1v) is 12.8. The van der Waals surface area contributed by atoms with Crippen LogP contribution in [0, 0.1) is 6.92 Å². The lowest BCUT2D eigenvalue weighted by molar-refractivity contribution is -0.116. The average molecular weight is 497 g/mol. The first-order chi connectivity index (χ1) is 16.7. The number of carbonyl (C=O) groups is 1. The molecule has 4 aromatic rings. The third-order valence-electron chi connectivity index (χ3n) is 5.83. The summed E-state index contributed by atoms with van der Waals surface area (Å²) >= 11 is 0. The van der Waals surface area contributed by atoms with Crippen LogP contribution in [0.5, 0.6) is 0 Å². The van der Waals surface area contributed by atoms with Gasteiger partial charge in [-0.25, -0.2) is 13.4 Å². The SMILES string of the molecule is CCN(CC)S(=O)(=O)c1ccc2c(c1)nc(CCC(=O)Nc1ccccc1-c1noc(C)n1)n2C. The van der Waals surface area contributed by atoms with Crippen molar-refractivity contribution < 1.29 is 17.7 Å². The van der Waals surface area contributed by atoms with Gasteiger partial charge in [-0.2, -0.15) is 9.29 Å². The number of hydrogen-bond acceptors (Lipinski definition) is 7. The number of aromatic nitrogens is 4. The minimum Gasteiger partial charge on any atom is -0.339 e. The molecule has 1 amide bonds. The van der Waals surface area contributed by atoms with Gasteiger partial charge in [-0.1, -0.05) is 31.1 Å². The van der Waals surface area contributed by atoms with Crippen molar-refractivity contribution >= 4 is 32.7 Å². The number of amides is 1. The summed E-state index contributed by atoms with van der Waals surface area (Å²) in [5.74, 6) is 1.35. The van der Waals surface area contributed by atoms with Gasteiger partial charge < -0.3 is 14.4 Å². The summed E-state index contributed by atoms with van der Waals surface area (Å²) in [6.07, 6.45) is 0.583. The van der Waals surface area contributed by atoms with Crippen molar-refractivity contribution in [3.63, 3.8) is 0 Å². The highest BCUT2D eigenvalue weighted by Crippen LogP contribution is 2.26. The van der Waals surface area contributed by atoms with Gasteiger partial charge >= 0.3 is 0 Å². The van der Waals surface area contributed by atoms with Gasteiger partial charge in [-0.05, 0) is 30.3 Å². The summed E-state index contributed by atoms with van der Waals surface area (Å²) in [6, 6.07) is 12.2. The molecular weight excluding hydrogens is 468 g/mol. The standard InChI is InChI=1S/C24H28N6O4S/c1-5-30(6-2)35(32,33)17-11-12-21-20(15-17)26-22(29(21)4)13-14-23(31)27-19-10-8-7-9-18(19)24-25-16(3)34-28-24/h7-12,15H,5-6,13-14H2,1-4H3,(H,27,31). The van der Waals surface area contributed by atoms with Crippen molar-refractivity contribution in [1.82, 2.24) is 24.0 Å². The lowest BCUT2D eigenvalue weighted by Gasteiger charge is -2.18. The number of imidazole rings is 1. The molecule has 184 valence electrons. The predicted molar refractivity (Wildman–Crippen MR) is 132 cm³/mol. The first kappa shape index (κ1) is 24.6. The van der Waals surface area contributed by atoms with Crippen molar-refractivity contribution in [1.29, 1.82) is 0 Å². The lowest BCUT2D eigenvalue weighted by Crippen LogP contribution is -2.30. The Morgan fingerprint density at radius 3 is 2.54 bits per heavy atom. The molecule has 0 bridgehead atoms. The van der Waals surface area contributed by atoms with Crippen molar-refractivity contribution in [3.05, 3.63) is 54.2 Å². The fourth-order valence-corrected chi connectivity index (χ4v) is 5.44. The Labute approximate surface area is 204 Å². The van der Waals surface area contributed by atoms with Crippen LogP contribution in [0.3, 0.4) is 0 Å². The Hall–Kier alpha value is -3.57. The lowest BCUT2D eigenvalue weighted by atomic mass is 10.1. The van der Waals surface area contributed by atoms with Gasteiger partial charge in [0.1, 0.15) is 5.82 Å². The molecule has 0 aliphatic rings. The molecule has 0 unspecified atom stereocenters. The number of nitrogens with one attached hydrogen (secondary N) is 1. The van der Waals surface area contributed by atoms with Crippen LogP contribution in [-0.2, 0) is 28.3 Å². The molecule has 0 spiro atoms. The predicted octanol–water partition coefficient (Wildman–Crippen LogP) is 3.53. The minimum absolute atomic E-state index is 0.186. The van der Waals surface area contributed by atoms with Crippen molar-refractivity contribution in [3.8, 4) is 11.4 Å². The van der Waals surface area contributed by atoms with Gasteiger partial charge in [0.25, 0.3) is 0 Å². The van der Waals surface area contributed by atoms with Crippen molar-refractivity contribution in [2.45, 2.75) is 38.5 Å². The van der Waals surface area contributed by atoms with Crippen molar-refractivity contribution in [2.75, 3.05) is 18.4 Å². The molecule has 2 heterocycles. The molecule has 0 radical (unpaired) electrons. The van der Waals surface area contributed by atoms with E-state index in [0.717, 1.165) is 5.52 Å². The first-order valence-electron chi connectivity index (χ1n) is 11.4. The second kappa shape index (κ2) is 9.96. The zero-order valence-corrected chi connectivity index (χ0v) is 21.0. The third kappa shape index (κ3) is 4.96. The number of nitrogens with zero attached hydrogens (tertiary/aromatic N) is 5. The second-order valence-electron chi connectivity index (χ2n) is 8.06. The van der Waals surface area contributed by atoms with Gasteiger partial charge in [0.15, 0.2) is 0 Å². The molecule has 0 saturated carbocycles. The summed E-state index contributed by atoms with van der Waals surface area (Å²) in [5, 5.41) is 6.85. The largest absolute Gasteiger partial charge is 0.339 e. The second-order valence-corrected chi connectivity index (χ2v) is 10.00. The monoisotopic (exact) mass is 496 g/mol. The molecule has 0 fully saturated rings. The highest BCUT2D eigenvalue weighted by molar-refractivity contribution is 7.89. The van der Waals surface area contributed by atoms with Crippen LogP contribution in [0.15, 0.2) is 51.9 Å². The summed E-state index contributed by atoms with van der Waals surface area (Å²) in [4.78, 5) is 21.8. The average Bonchev–Trinajstić information content (AvgIpc) is 3.41. The van der Waals surface area contributed by atoms with E-state index in [1.165, 1.54) is 4.31 Å². The molecule has 35 heavy (non-hydrogen) atoms. The van der Waals surface area contributed by atoms with Gasteiger partial charge in [0.2, 0.25) is 27.6 Å². The maximum atomic E-state index is 12.9. The number of fused-ring (bicyclic) bond motifs is 1. The van der Waals surface area contributed by atoms with E-state index < -0.39 is 10.0 Å².